The summed E-state index contributed by atoms with van der Waals surface area (Å²) >= 11 is 0. The van der Waals surface area contributed by atoms with Crippen LogP contribution in [0.25, 0.3) is 0 Å². The predicted molar refractivity (Wildman–Crippen MR) is 57.8 cm³/mol. The summed E-state index contributed by atoms with van der Waals surface area (Å²) in [5.74, 6) is 0. The lowest BCUT2D eigenvalue weighted by Gasteiger charge is -2.25. The molecule has 0 aromatic carbocycles. The van der Waals surface area contributed by atoms with E-state index in [0.717, 1.165) is 45.4 Å². The Morgan fingerprint density at radius 1 is 1.40 bits per heavy atom. The summed E-state index contributed by atoms with van der Waals surface area (Å²) in [7, 11) is 0. The lowest BCUT2D eigenvalue weighted by atomic mass is 10.0. The van der Waals surface area contributed by atoms with Crippen molar-refractivity contribution < 1.29 is 9.53 Å². The molecule has 1 atom stereocenters. The van der Waals surface area contributed by atoms with E-state index in [2.05, 4.69) is 12.2 Å². The van der Waals surface area contributed by atoms with Crippen molar-refractivity contribution in [1.29, 1.82) is 0 Å². The first-order valence-corrected chi connectivity index (χ1v) is 5.86. The van der Waals surface area contributed by atoms with Crippen molar-refractivity contribution in [2.75, 3.05) is 26.2 Å². The summed E-state index contributed by atoms with van der Waals surface area (Å²) < 4.78 is 5.62. The van der Waals surface area contributed by atoms with Crippen molar-refractivity contribution in [3.05, 3.63) is 0 Å². The molecule has 1 N–H and O–H groups in total. The van der Waals surface area contributed by atoms with Crippen LogP contribution in [0.1, 0.15) is 32.6 Å². The minimum absolute atomic E-state index is 0.0734. The van der Waals surface area contributed by atoms with Crippen LogP contribution in [-0.4, -0.2) is 42.8 Å². The molecule has 0 aromatic rings. The molecule has 86 valence electrons. The third kappa shape index (κ3) is 2.62. The van der Waals surface area contributed by atoms with Gasteiger partial charge in [-0.05, 0) is 32.6 Å². The minimum atomic E-state index is -0.130. The molecule has 4 nitrogen and oxygen atoms in total. The SMILES string of the molecule is CC1(CNC(=O)N2CCCC2)CCCO1. The third-order valence-electron chi connectivity index (χ3n) is 3.31. The number of likely N-dealkylation sites (tertiary alicyclic amines) is 1. The molecule has 0 saturated carbocycles. The number of rotatable bonds is 2. The molecule has 2 rings (SSSR count). The Hall–Kier alpha value is -0.770. The molecule has 4 heteroatoms. The number of carbonyl (C=O) groups is 1. The van der Waals surface area contributed by atoms with Gasteiger partial charge in [0.15, 0.2) is 0 Å². The van der Waals surface area contributed by atoms with Crippen molar-refractivity contribution in [2.24, 2.45) is 0 Å². The van der Waals surface area contributed by atoms with E-state index < -0.39 is 0 Å². The molecular weight excluding hydrogens is 192 g/mol. The van der Waals surface area contributed by atoms with Crippen LogP contribution in [0.5, 0.6) is 0 Å². The average molecular weight is 212 g/mol. The minimum Gasteiger partial charge on any atom is -0.373 e. The number of nitrogens with one attached hydrogen (secondary N) is 1. The number of nitrogens with zero attached hydrogens (tertiary/aromatic N) is 1. The Kier molecular flexibility index (Phi) is 3.14. The maximum atomic E-state index is 11.7. The first-order valence-electron chi connectivity index (χ1n) is 5.86. The van der Waals surface area contributed by atoms with Gasteiger partial charge in [0.2, 0.25) is 0 Å². The Labute approximate surface area is 91.0 Å². The number of urea groups is 1. The van der Waals surface area contributed by atoms with Crippen LogP contribution in [-0.2, 0) is 4.74 Å². The van der Waals surface area contributed by atoms with Gasteiger partial charge in [-0.2, -0.15) is 0 Å². The number of carbonyl (C=O) groups excluding carboxylic acids is 1. The van der Waals surface area contributed by atoms with E-state index in [1.165, 1.54) is 0 Å². The van der Waals surface area contributed by atoms with E-state index in [4.69, 9.17) is 4.74 Å². The van der Waals surface area contributed by atoms with E-state index in [1.54, 1.807) is 0 Å². The molecule has 2 aliphatic rings. The van der Waals surface area contributed by atoms with Crippen LogP contribution in [0.15, 0.2) is 0 Å². The van der Waals surface area contributed by atoms with Gasteiger partial charge in [-0.3, -0.25) is 0 Å². The Bertz CT molecular complexity index is 231. The molecule has 2 aliphatic heterocycles. The summed E-state index contributed by atoms with van der Waals surface area (Å²) in [6.07, 6.45) is 4.44. The summed E-state index contributed by atoms with van der Waals surface area (Å²) in [6, 6.07) is 0.0734. The maximum absolute atomic E-state index is 11.7. The molecule has 0 aromatic heterocycles. The fourth-order valence-electron chi connectivity index (χ4n) is 2.27. The second kappa shape index (κ2) is 4.39. The normalized spacial score (nSPS) is 30.9. The smallest absolute Gasteiger partial charge is 0.317 e. The highest BCUT2D eigenvalue weighted by Gasteiger charge is 2.30. The second-order valence-electron chi connectivity index (χ2n) is 4.75. The quantitative estimate of drug-likeness (QED) is 0.751. The molecule has 0 bridgehead atoms. The molecule has 2 fully saturated rings. The molecule has 0 spiro atoms. The molecule has 2 heterocycles. The maximum Gasteiger partial charge on any atom is 0.317 e. The van der Waals surface area contributed by atoms with Gasteiger partial charge in [0.05, 0.1) is 5.60 Å². The zero-order chi connectivity index (χ0) is 10.7. The topological polar surface area (TPSA) is 41.6 Å². The largest absolute Gasteiger partial charge is 0.373 e. The summed E-state index contributed by atoms with van der Waals surface area (Å²) in [5, 5.41) is 2.97. The third-order valence-corrected chi connectivity index (χ3v) is 3.31. The van der Waals surface area contributed by atoms with E-state index >= 15 is 0 Å². The van der Waals surface area contributed by atoms with Crippen molar-refractivity contribution in [3.8, 4) is 0 Å². The summed E-state index contributed by atoms with van der Waals surface area (Å²) in [4.78, 5) is 13.6. The first-order chi connectivity index (χ1) is 7.20. The van der Waals surface area contributed by atoms with E-state index in [0.29, 0.717) is 6.54 Å². The standard InChI is InChI=1S/C11H20N2O2/c1-11(5-4-8-15-11)9-12-10(14)13-6-2-3-7-13/h2-9H2,1H3,(H,12,14). The molecule has 2 amide bonds. The Morgan fingerprint density at radius 3 is 2.73 bits per heavy atom. The summed E-state index contributed by atoms with van der Waals surface area (Å²) in [6.45, 7) is 5.36. The number of hydrogen-bond acceptors (Lipinski definition) is 2. The zero-order valence-corrected chi connectivity index (χ0v) is 9.42. The second-order valence-corrected chi connectivity index (χ2v) is 4.75. The fraction of sp³-hybridized carbons (Fsp3) is 0.909. The van der Waals surface area contributed by atoms with Crippen LogP contribution >= 0.6 is 0 Å². The average Bonchev–Trinajstić information content (AvgIpc) is 2.85. The first kappa shape index (κ1) is 10.7. The van der Waals surface area contributed by atoms with Gasteiger partial charge in [-0.15, -0.1) is 0 Å². The van der Waals surface area contributed by atoms with Crippen LogP contribution < -0.4 is 5.32 Å². The van der Waals surface area contributed by atoms with E-state index in [-0.39, 0.29) is 11.6 Å². The highest BCUT2D eigenvalue weighted by Crippen LogP contribution is 2.24. The fourth-order valence-corrected chi connectivity index (χ4v) is 2.27. The lowest BCUT2D eigenvalue weighted by Crippen LogP contribution is -2.45. The molecule has 2 saturated heterocycles. The molecule has 15 heavy (non-hydrogen) atoms. The van der Waals surface area contributed by atoms with Gasteiger partial charge in [0.1, 0.15) is 0 Å². The van der Waals surface area contributed by atoms with E-state index in [1.807, 2.05) is 4.90 Å². The van der Waals surface area contributed by atoms with Gasteiger partial charge in [0.25, 0.3) is 0 Å². The van der Waals surface area contributed by atoms with Crippen molar-refractivity contribution in [3.63, 3.8) is 0 Å². The molecule has 0 radical (unpaired) electrons. The summed E-state index contributed by atoms with van der Waals surface area (Å²) in [5.41, 5.74) is -0.130. The van der Waals surface area contributed by atoms with Crippen LogP contribution in [0.2, 0.25) is 0 Å². The number of hydrogen-bond donors (Lipinski definition) is 1. The predicted octanol–water partition coefficient (Wildman–Crippen LogP) is 1.36. The molecule has 1 unspecified atom stereocenters. The van der Waals surface area contributed by atoms with Gasteiger partial charge >= 0.3 is 6.03 Å². The monoisotopic (exact) mass is 212 g/mol. The van der Waals surface area contributed by atoms with Crippen molar-refractivity contribution in [2.45, 2.75) is 38.2 Å². The van der Waals surface area contributed by atoms with Crippen LogP contribution in [0, 0.1) is 0 Å². The number of amides is 2. The van der Waals surface area contributed by atoms with E-state index in [9.17, 15) is 4.79 Å². The molecule has 0 aliphatic carbocycles. The highest BCUT2D eigenvalue weighted by molar-refractivity contribution is 5.74. The van der Waals surface area contributed by atoms with Gasteiger partial charge in [0, 0.05) is 26.2 Å². The zero-order valence-electron chi connectivity index (χ0n) is 9.42. The molecular formula is C11H20N2O2. The lowest BCUT2D eigenvalue weighted by molar-refractivity contribution is 0.0221. The van der Waals surface area contributed by atoms with Gasteiger partial charge < -0.3 is 15.0 Å². The Morgan fingerprint density at radius 2 is 2.13 bits per heavy atom. The van der Waals surface area contributed by atoms with Gasteiger partial charge in [-0.1, -0.05) is 0 Å². The van der Waals surface area contributed by atoms with Crippen molar-refractivity contribution in [1.82, 2.24) is 10.2 Å². The highest BCUT2D eigenvalue weighted by atomic mass is 16.5. The van der Waals surface area contributed by atoms with Crippen LogP contribution in [0.4, 0.5) is 4.79 Å². The number of ether oxygens (including phenoxy) is 1. The van der Waals surface area contributed by atoms with Gasteiger partial charge in [-0.25, -0.2) is 4.79 Å². The van der Waals surface area contributed by atoms with Crippen LogP contribution in [0.3, 0.4) is 0 Å². The Balaban J connectivity index is 1.74. The van der Waals surface area contributed by atoms with Crippen molar-refractivity contribution >= 4 is 6.03 Å².